The number of fused-ring (bicyclic) bond motifs is 5. The molecule has 5 rings (SSSR count). The minimum absolute atomic E-state index is 0.0665. The van der Waals surface area contributed by atoms with Crippen LogP contribution in [0.4, 0.5) is 0 Å². The van der Waals surface area contributed by atoms with Crippen LogP contribution in [-0.4, -0.2) is 23.3 Å². The van der Waals surface area contributed by atoms with Crippen molar-refractivity contribution in [2.45, 2.75) is 124 Å². The van der Waals surface area contributed by atoms with Gasteiger partial charge >= 0.3 is 5.97 Å². The molecule has 0 heterocycles. The van der Waals surface area contributed by atoms with Gasteiger partial charge in [0.05, 0.1) is 11.7 Å². The van der Waals surface area contributed by atoms with Crippen molar-refractivity contribution in [3.05, 3.63) is 35.5 Å². The van der Waals surface area contributed by atoms with Crippen LogP contribution in [0, 0.1) is 46.3 Å². The number of carbonyl (C=O) groups is 1. The fraction of sp³-hybridized carbons (Fsp3) is 0.794. The molecule has 0 amide bonds. The highest BCUT2D eigenvalue weighted by Gasteiger charge is 2.61. The standard InChI is InChI=1S/C34H52O3/c1-22(2)10-9-11-23(3)27-14-15-28-31-29(17-19-34(27,28)5)33(4)18-16-26(20-25(33)21-30(31)35)37-32(36)24-12-7-6-8-13-24/h7,12-13,21-23,26-31,35H,6,8-11,14-20H2,1-5H3. The molecule has 0 saturated heterocycles. The maximum Gasteiger partial charge on any atom is 0.338 e. The first-order chi connectivity index (χ1) is 17.6. The molecule has 3 heteroatoms. The molecule has 1 N–H and O–H groups in total. The number of allylic oxidation sites excluding steroid dienone is 2. The van der Waals surface area contributed by atoms with Gasteiger partial charge in [-0.05, 0) is 97.7 Å². The third-order valence-corrected chi connectivity index (χ3v) is 11.8. The van der Waals surface area contributed by atoms with Gasteiger partial charge in [-0.25, -0.2) is 4.79 Å². The van der Waals surface area contributed by atoms with E-state index in [-0.39, 0.29) is 23.6 Å². The first-order valence-electron chi connectivity index (χ1n) is 15.6. The Balaban J connectivity index is 1.28. The lowest BCUT2D eigenvalue weighted by Gasteiger charge is -2.59. The molecule has 3 saturated carbocycles. The Morgan fingerprint density at radius 2 is 1.86 bits per heavy atom. The Morgan fingerprint density at radius 3 is 2.59 bits per heavy atom. The van der Waals surface area contributed by atoms with E-state index < -0.39 is 0 Å². The van der Waals surface area contributed by atoms with E-state index in [0.29, 0.717) is 28.7 Å². The molecule has 0 radical (unpaired) electrons. The summed E-state index contributed by atoms with van der Waals surface area (Å²) in [5.74, 6) is 3.78. The summed E-state index contributed by atoms with van der Waals surface area (Å²) in [5, 5.41) is 11.6. The Morgan fingerprint density at radius 1 is 1.05 bits per heavy atom. The number of aliphatic hydroxyl groups excluding tert-OH is 1. The largest absolute Gasteiger partial charge is 0.458 e. The zero-order chi connectivity index (χ0) is 26.4. The predicted molar refractivity (Wildman–Crippen MR) is 151 cm³/mol. The highest BCUT2D eigenvalue weighted by molar-refractivity contribution is 5.91. The summed E-state index contributed by atoms with van der Waals surface area (Å²) in [5.41, 5.74) is 2.57. The van der Waals surface area contributed by atoms with Crippen LogP contribution >= 0.6 is 0 Å². The summed E-state index contributed by atoms with van der Waals surface area (Å²) in [7, 11) is 0. The van der Waals surface area contributed by atoms with Crippen molar-refractivity contribution in [1.82, 2.24) is 0 Å². The molecule has 37 heavy (non-hydrogen) atoms. The summed E-state index contributed by atoms with van der Waals surface area (Å²) in [6.45, 7) is 12.3. The summed E-state index contributed by atoms with van der Waals surface area (Å²) in [6, 6.07) is 0. The highest BCUT2D eigenvalue weighted by Crippen LogP contribution is 2.67. The number of hydrogen-bond acceptors (Lipinski definition) is 3. The van der Waals surface area contributed by atoms with Crippen LogP contribution in [0.5, 0.6) is 0 Å². The fourth-order valence-corrected chi connectivity index (χ4v) is 9.72. The number of esters is 1. The van der Waals surface area contributed by atoms with Gasteiger partial charge in [-0.2, -0.15) is 0 Å². The molecule has 0 aromatic carbocycles. The molecule has 5 aliphatic carbocycles. The van der Waals surface area contributed by atoms with Gasteiger partial charge in [-0.1, -0.05) is 83.8 Å². The van der Waals surface area contributed by atoms with E-state index in [2.05, 4.69) is 46.8 Å². The second-order valence-electron chi connectivity index (χ2n) is 14.3. The number of aliphatic hydroxyl groups is 1. The molecule has 0 aromatic heterocycles. The van der Waals surface area contributed by atoms with Crippen LogP contribution in [0.15, 0.2) is 35.5 Å². The second-order valence-corrected chi connectivity index (χ2v) is 14.3. The fourth-order valence-electron chi connectivity index (χ4n) is 9.72. The molecule has 9 atom stereocenters. The van der Waals surface area contributed by atoms with Crippen LogP contribution in [0.2, 0.25) is 0 Å². The first-order valence-corrected chi connectivity index (χ1v) is 15.6. The zero-order valence-electron chi connectivity index (χ0n) is 24.2. The van der Waals surface area contributed by atoms with Crippen LogP contribution in [-0.2, 0) is 9.53 Å². The van der Waals surface area contributed by atoms with E-state index >= 15 is 0 Å². The molecular formula is C34H52O3. The Bertz CT molecular complexity index is 943. The number of rotatable bonds is 7. The van der Waals surface area contributed by atoms with Crippen LogP contribution in [0.3, 0.4) is 0 Å². The maximum atomic E-state index is 12.7. The normalized spacial score (nSPS) is 41.8. The number of hydrogen-bond donors (Lipinski definition) is 1. The van der Waals surface area contributed by atoms with E-state index in [4.69, 9.17) is 4.74 Å². The second kappa shape index (κ2) is 10.7. The molecule has 0 aromatic rings. The van der Waals surface area contributed by atoms with Crippen molar-refractivity contribution < 1.29 is 14.6 Å². The summed E-state index contributed by atoms with van der Waals surface area (Å²) >= 11 is 0. The predicted octanol–water partition coefficient (Wildman–Crippen LogP) is 8.19. The van der Waals surface area contributed by atoms with Crippen molar-refractivity contribution in [3.8, 4) is 0 Å². The molecule has 3 nitrogen and oxygen atoms in total. The van der Waals surface area contributed by atoms with Crippen molar-refractivity contribution in [2.24, 2.45) is 46.3 Å². The van der Waals surface area contributed by atoms with Crippen molar-refractivity contribution in [2.75, 3.05) is 0 Å². The lowest BCUT2D eigenvalue weighted by Crippen LogP contribution is -2.55. The van der Waals surface area contributed by atoms with Gasteiger partial charge in [-0.3, -0.25) is 0 Å². The summed E-state index contributed by atoms with van der Waals surface area (Å²) in [6.07, 6.45) is 21.7. The van der Waals surface area contributed by atoms with Gasteiger partial charge in [0, 0.05) is 6.42 Å². The lowest BCUT2D eigenvalue weighted by atomic mass is 9.46. The van der Waals surface area contributed by atoms with Gasteiger partial charge in [0.2, 0.25) is 0 Å². The van der Waals surface area contributed by atoms with Gasteiger partial charge in [0.15, 0.2) is 0 Å². The monoisotopic (exact) mass is 508 g/mol. The lowest BCUT2D eigenvalue weighted by molar-refractivity contribution is -0.147. The SMILES string of the molecule is CC(C)CCCC(C)C1CCC2C3C(O)C=C4CC(OC(=O)C5=CCCC=C5)CCC4(C)C3CCC12C. The average molecular weight is 509 g/mol. The number of carbonyl (C=O) groups excluding carboxylic acids is 1. The zero-order valence-corrected chi connectivity index (χ0v) is 24.2. The van der Waals surface area contributed by atoms with Crippen LogP contribution in [0.1, 0.15) is 112 Å². The van der Waals surface area contributed by atoms with E-state index in [0.717, 1.165) is 49.9 Å². The molecule has 0 aliphatic heterocycles. The third kappa shape index (κ3) is 5.04. The van der Waals surface area contributed by atoms with Gasteiger partial charge in [0.25, 0.3) is 0 Å². The Kier molecular flexibility index (Phi) is 7.85. The van der Waals surface area contributed by atoms with Crippen LogP contribution in [0.25, 0.3) is 0 Å². The van der Waals surface area contributed by atoms with Crippen molar-refractivity contribution in [3.63, 3.8) is 0 Å². The number of ether oxygens (including phenoxy) is 1. The summed E-state index contributed by atoms with van der Waals surface area (Å²) in [4.78, 5) is 12.7. The molecule has 5 aliphatic rings. The first kappa shape index (κ1) is 27.2. The van der Waals surface area contributed by atoms with Crippen LogP contribution < -0.4 is 0 Å². The van der Waals surface area contributed by atoms with E-state index in [9.17, 15) is 9.90 Å². The van der Waals surface area contributed by atoms with Gasteiger partial charge < -0.3 is 9.84 Å². The smallest absolute Gasteiger partial charge is 0.338 e. The van der Waals surface area contributed by atoms with Gasteiger partial charge in [0.1, 0.15) is 6.10 Å². The molecule has 0 bridgehead atoms. The molecule has 206 valence electrons. The third-order valence-electron chi connectivity index (χ3n) is 11.8. The molecule has 9 unspecified atom stereocenters. The van der Waals surface area contributed by atoms with E-state index in [1.807, 2.05) is 12.2 Å². The average Bonchev–Trinajstić information content (AvgIpc) is 3.22. The minimum Gasteiger partial charge on any atom is -0.458 e. The molecular weight excluding hydrogens is 456 g/mol. The molecule has 0 spiro atoms. The van der Waals surface area contributed by atoms with Gasteiger partial charge in [-0.15, -0.1) is 0 Å². The maximum absolute atomic E-state index is 12.7. The van der Waals surface area contributed by atoms with Crippen molar-refractivity contribution in [1.29, 1.82) is 0 Å². The Hall–Kier alpha value is -1.35. The molecule has 3 fully saturated rings. The Labute approximate surface area is 226 Å². The quantitative estimate of drug-likeness (QED) is 0.278. The highest BCUT2D eigenvalue weighted by atomic mass is 16.5. The summed E-state index contributed by atoms with van der Waals surface area (Å²) < 4.78 is 5.99. The van der Waals surface area contributed by atoms with E-state index in [1.165, 1.54) is 50.5 Å². The van der Waals surface area contributed by atoms with Crippen molar-refractivity contribution >= 4 is 5.97 Å². The topological polar surface area (TPSA) is 46.5 Å². The minimum atomic E-state index is -0.355. The van der Waals surface area contributed by atoms with E-state index in [1.54, 1.807) is 0 Å².